The zero-order valence-electron chi connectivity index (χ0n) is 9.23. The van der Waals surface area contributed by atoms with E-state index in [0.29, 0.717) is 18.0 Å². The lowest BCUT2D eigenvalue weighted by Gasteiger charge is -2.17. The molecule has 1 unspecified atom stereocenters. The highest BCUT2D eigenvalue weighted by Crippen LogP contribution is 2.52. The van der Waals surface area contributed by atoms with Crippen LogP contribution in [0.15, 0.2) is 35.3 Å². The Morgan fingerprint density at radius 3 is 2.62 bits per heavy atom. The maximum absolute atomic E-state index is 5.53. The first-order valence-corrected chi connectivity index (χ1v) is 5.80. The highest BCUT2D eigenvalue weighted by Gasteiger charge is 2.46. The Morgan fingerprint density at radius 1 is 1.31 bits per heavy atom. The minimum absolute atomic E-state index is 0.253. The molecule has 1 atom stereocenters. The zero-order chi connectivity index (χ0) is 11.0. The molecule has 0 spiro atoms. The summed E-state index contributed by atoms with van der Waals surface area (Å²) in [6.45, 7) is 0.653. The fraction of sp³-hybridized carbons (Fsp3) is 0.462. The van der Waals surface area contributed by atoms with Crippen LogP contribution in [0.1, 0.15) is 24.8 Å². The van der Waals surface area contributed by atoms with Crippen LogP contribution >= 0.6 is 0 Å². The van der Waals surface area contributed by atoms with Crippen molar-refractivity contribution in [1.29, 1.82) is 0 Å². The van der Waals surface area contributed by atoms with Gasteiger partial charge in [-0.2, -0.15) is 0 Å². The molecule has 0 bridgehead atoms. The quantitative estimate of drug-likeness (QED) is 0.837. The normalized spacial score (nSPS) is 26.0. The van der Waals surface area contributed by atoms with Gasteiger partial charge in [0.15, 0.2) is 0 Å². The molecule has 1 aromatic carbocycles. The lowest BCUT2D eigenvalue weighted by molar-refractivity contribution is 0.299. The summed E-state index contributed by atoms with van der Waals surface area (Å²) in [5.41, 5.74) is 7.32. The molecular formula is C13H16N2O. The Hall–Kier alpha value is -1.51. The summed E-state index contributed by atoms with van der Waals surface area (Å²) in [7, 11) is 0. The summed E-state index contributed by atoms with van der Waals surface area (Å²) in [4.78, 5) is 4.31. The van der Waals surface area contributed by atoms with Gasteiger partial charge in [0.25, 0.3) is 6.02 Å². The Balaban J connectivity index is 1.75. The van der Waals surface area contributed by atoms with Crippen LogP contribution in [0, 0.1) is 0 Å². The SMILES string of the molecule is NC1=NC(CC2(c3ccccc3)CC2)CO1. The van der Waals surface area contributed by atoms with Crippen molar-refractivity contribution >= 4 is 6.02 Å². The van der Waals surface area contributed by atoms with Crippen LogP contribution in [-0.4, -0.2) is 18.7 Å². The number of nitrogens with two attached hydrogens (primary N) is 1. The molecule has 3 rings (SSSR count). The molecule has 3 nitrogen and oxygen atoms in total. The Morgan fingerprint density at radius 2 is 2.06 bits per heavy atom. The van der Waals surface area contributed by atoms with Crippen molar-refractivity contribution in [1.82, 2.24) is 0 Å². The van der Waals surface area contributed by atoms with Gasteiger partial charge in [-0.15, -0.1) is 0 Å². The van der Waals surface area contributed by atoms with Gasteiger partial charge in [-0.05, 0) is 30.2 Å². The molecule has 2 aliphatic rings. The lowest BCUT2D eigenvalue weighted by Crippen LogP contribution is -2.17. The van der Waals surface area contributed by atoms with Crippen molar-refractivity contribution in [2.45, 2.75) is 30.7 Å². The van der Waals surface area contributed by atoms with Crippen molar-refractivity contribution in [3.8, 4) is 0 Å². The minimum Gasteiger partial charge on any atom is -0.463 e. The third-order valence-electron chi connectivity index (χ3n) is 3.60. The van der Waals surface area contributed by atoms with E-state index in [0.717, 1.165) is 6.42 Å². The van der Waals surface area contributed by atoms with Gasteiger partial charge in [-0.3, -0.25) is 0 Å². The zero-order valence-corrected chi connectivity index (χ0v) is 9.23. The largest absolute Gasteiger partial charge is 0.463 e. The number of rotatable bonds is 3. The number of benzene rings is 1. The van der Waals surface area contributed by atoms with Crippen molar-refractivity contribution in [2.75, 3.05) is 6.61 Å². The van der Waals surface area contributed by atoms with E-state index in [1.807, 2.05) is 0 Å². The van der Waals surface area contributed by atoms with Crippen LogP contribution in [0.3, 0.4) is 0 Å². The number of ether oxygens (including phenoxy) is 1. The molecule has 1 aliphatic heterocycles. The van der Waals surface area contributed by atoms with Gasteiger partial charge >= 0.3 is 0 Å². The highest BCUT2D eigenvalue weighted by molar-refractivity contribution is 5.73. The van der Waals surface area contributed by atoms with Crippen LogP contribution in [-0.2, 0) is 10.2 Å². The second-order valence-electron chi connectivity index (χ2n) is 4.78. The summed E-state index contributed by atoms with van der Waals surface area (Å²) in [6, 6.07) is 11.3. The number of hydrogen-bond donors (Lipinski definition) is 1. The summed E-state index contributed by atoms with van der Waals surface area (Å²) in [5, 5.41) is 0. The molecule has 84 valence electrons. The molecule has 1 aliphatic carbocycles. The molecule has 16 heavy (non-hydrogen) atoms. The minimum atomic E-state index is 0.253. The van der Waals surface area contributed by atoms with Gasteiger partial charge in [0.2, 0.25) is 0 Å². The molecule has 0 amide bonds. The second kappa shape index (κ2) is 3.51. The maximum Gasteiger partial charge on any atom is 0.282 e. The highest BCUT2D eigenvalue weighted by atomic mass is 16.5. The predicted octanol–water partition coefficient (Wildman–Crippen LogP) is 1.82. The third-order valence-corrected chi connectivity index (χ3v) is 3.60. The van der Waals surface area contributed by atoms with E-state index >= 15 is 0 Å². The average Bonchev–Trinajstić information content (AvgIpc) is 2.98. The summed E-state index contributed by atoms with van der Waals surface area (Å²) in [5.74, 6) is 0. The van der Waals surface area contributed by atoms with Gasteiger partial charge < -0.3 is 10.5 Å². The topological polar surface area (TPSA) is 47.6 Å². The first kappa shape index (κ1) is 9.70. The van der Waals surface area contributed by atoms with Gasteiger partial charge in [0.1, 0.15) is 6.61 Å². The summed E-state index contributed by atoms with van der Waals surface area (Å²) in [6.07, 6.45) is 3.60. The molecule has 0 aromatic heterocycles. The predicted molar refractivity (Wildman–Crippen MR) is 63.3 cm³/mol. The molecule has 1 saturated carbocycles. The van der Waals surface area contributed by atoms with E-state index in [1.165, 1.54) is 18.4 Å². The van der Waals surface area contributed by atoms with Crippen LogP contribution in [0.5, 0.6) is 0 Å². The molecule has 0 radical (unpaired) electrons. The third kappa shape index (κ3) is 1.66. The Kier molecular flexibility index (Phi) is 2.13. The molecule has 1 heterocycles. The van der Waals surface area contributed by atoms with Crippen LogP contribution < -0.4 is 5.73 Å². The number of hydrogen-bond acceptors (Lipinski definition) is 3. The number of nitrogens with zero attached hydrogens (tertiary/aromatic N) is 1. The van der Waals surface area contributed by atoms with E-state index in [-0.39, 0.29) is 6.04 Å². The molecular weight excluding hydrogens is 200 g/mol. The van der Waals surface area contributed by atoms with Gasteiger partial charge in [-0.25, -0.2) is 4.99 Å². The molecule has 1 fully saturated rings. The summed E-state index contributed by atoms with van der Waals surface area (Å²) >= 11 is 0. The van der Waals surface area contributed by atoms with E-state index in [4.69, 9.17) is 10.5 Å². The van der Waals surface area contributed by atoms with Crippen molar-refractivity contribution in [3.63, 3.8) is 0 Å². The van der Waals surface area contributed by atoms with Crippen LogP contribution in [0.25, 0.3) is 0 Å². The standard InChI is InChI=1S/C13H16N2O/c14-12-15-11(9-16-12)8-13(6-7-13)10-4-2-1-3-5-10/h1-5,11H,6-9H2,(H2,14,15). The van der Waals surface area contributed by atoms with E-state index in [1.54, 1.807) is 0 Å². The van der Waals surface area contributed by atoms with Crippen LogP contribution in [0.2, 0.25) is 0 Å². The fourth-order valence-corrected chi connectivity index (χ4v) is 2.54. The van der Waals surface area contributed by atoms with Crippen molar-refractivity contribution in [3.05, 3.63) is 35.9 Å². The Labute approximate surface area is 95.3 Å². The Bertz CT molecular complexity index is 409. The molecule has 2 N–H and O–H groups in total. The lowest BCUT2D eigenvalue weighted by atomic mass is 9.89. The second-order valence-corrected chi connectivity index (χ2v) is 4.78. The van der Waals surface area contributed by atoms with Crippen molar-refractivity contribution in [2.24, 2.45) is 10.7 Å². The smallest absolute Gasteiger partial charge is 0.282 e. The molecule has 3 heteroatoms. The van der Waals surface area contributed by atoms with E-state index < -0.39 is 0 Å². The monoisotopic (exact) mass is 216 g/mol. The number of aliphatic imine (C=N–C) groups is 1. The first-order valence-electron chi connectivity index (χ1n) is 5.80. The van der Waals surface area contributed by atoms with E-state index in [9.17, 15) is 0 Å². The summed E-state index contributed by atoms with van der Waals surface area (Å²) < 4.78 is 5.20. The fourth-order valence-electron chi connectivity index (χ4n) is 2.54. The van der Waals surface area contributed by atoms with Crippen molar-refractivity contribution < 1.29 is 4.74 Å². The maximum atomic E-state index is 5.53. The van der Waals surface area contributed by atoms with Crippen LogP contribution in [0.4, 0.5) is 0 Å². The average molecular weight is 216 g/mol. The number of amidine groups is 1. The van der Waals surface area contributed by atoms with E-state index in [2.05, 4.69) is 35.3 Å². The molecule has 1 aromatic rings. The first-order chi connectivity index (χ1) is 7.78. The van der Waals surface area contributed by atoms with Gasteiger partial charge in [0.05, 0.1) is 6.04 Å². The van der Waals surface area contributed by atoms with Gasteiger partial charge in [-0.1, -0.05) is 30.3 Å². The van der Waals surface area contributed by atoms with Gasteiger partial charge in [0, 0.05) is 0 Å². The molecule has 0 saturated heterocycles.